The lowest BCUT2D eigenvalue weighted by molar-refractivity contribution is 0.507. The van der Waals surface area contributed by atoms with E-state index in [0.717, 1.165) is 13.1 Å². The fraction of sp³-hybridized carbons (Fsp3) is 0.600. The second-order valence-electron chi connectivity index (χ2n) is 3.86. The lowest BCUT2D eigenvalue weighted by Gasteiger charge is -2.14. The van der Waals surface area contributed by atoms with Crippen molar-refractivity contribution in [3.8, 4) is 0 Å². The van der Waals surface area contributed by atoms with Gasteiger partial charge in [-0.15, -0.1) is 11.3 Å². The third kappa shape index (κ3) is 2.23. The van der Waals surface area contributed by atoms with Crippen molar-refractivity contribution in [2.75, 3.05) is 25.5 Å². The van der Waals surface area contributed by atoms with Crippen LogP contribution in [0.5, 0.6) is 0 Å². The van der Waals surface area contributed by atoms with Crippen LogP contribution in [0.15, 0.2) is 17.5 Å². The van der Waals surface area contributed by atoms with Gasteiger partial charge in [-0.1, -0.05) is 0 Å². The summed E-state index contributed by atoms with van der Waals surface area (Å²) in [6.07, 6.45) is 2.73. The fourth-order valence-corrected chi connectivity index (χ4v) is 2.24. The molecule has 0 unspecified atom stereocenters. The van der Waals surface area contributed by atoms with E-state index in [1.54, 1.807) is 11.3 Å². The molecule has 0 bridgehead atoms. The van der Waals surface area contributed by atoms with Crippen LogP contribution in [0.2, 0.25) is 0 Å². The van der Waals surface area contributed by atoms with Crippen LogP contribution in [-0.4, -0.2) is 20.1 Å². The molecule has 0 atom stereocenters. The van der Waals surface area contributed by atoms with Crippen molar-refractivity contribution in [3.63, 3.8) is 0 Å². The number of nitrogens with one attached hydrogen (secondary N) is 2. The minimum Gasteiger partial charge on any atom is -0.376 e. The summed E-state index contributed by atoms with van der Waals surface area (Å²) in [7, 11) is 2.03. The lowest BCUT2D eigenvalue weighted by Crippen LogP contribution is -2.26. The molecule has 2 rings (SSSR count). The van der Waals surface area contributed by atoms with Gasteiger partial charge in [0.05, 0.1) is 5.00 Å². The Kier molecular flexibility index (Phi) is 2.56. The molecule has 0 saturated heterocycles. The molecule has 1 aromatic heterocycles. The van der Waals surface area contributed by atoms with E-state index in [1.807, 2.05) is 7.05 Å². The van der Waals surface area contributed by atoms with Crippen LogP contribution in [0.4, 0.5) is 5.00 Å². The highest BCUT2D eigenvalue weighted by molar-refractivity contribution is 7.14. The fourth-order valence-electron chi connectivity index (χ4n) is 1.62. The second kappa shape index (κ2) is 3.68. The average Bonchev–Trinajstić information content (AvgIpc) is 2.71. The Morgan fingerprint density at radius 3 is 2.85 bits per heavy atom. The molecule has 72 valence electrons. The van der Waals surface area contributed by atoms with Crippen molar-refractivity contribution in [2.45, 2.75) is 12.8 Å². The smallest absolute Gasteiger partial charge is 0.0882 e. The maximum atomic E-state index is 3.49. The Labute approximate surface area is 83.4 Å². The van der Waals surface area contributed by atoms with Crippen LogP contribution >= 0.6 is 11.3 Å². The van der Waals surface area contributed by atoms with Crippen LogP contribution in [0.1, 0.15) is 12.8 Å². The van der Waals surface area contributed by atoms with Crippen molar-refractivity contribution < 1.29 is 0 Å². The highest BCUT2D eigenvalue weighted by atomic mass is 32.1. The summed E-state index contributed by atoms with van der Waals surface area (Å²) in [5, 5.41) is 10.2. The van der Waals surface area contributed by atoms with Crippen molar-refractivity contribution >= 4 is 16.3 Å². The van der Waals surface area contributed by atoms with Crippen LogP contribution in [0.3, 0.4) is 0 Å². The van der Waals surface area contributed by atoms with Crippen molar-refractivity contribution in [2.24, 2.45) is 5.41 Å². The number of thiophene rings is 1. The van der Waals surface area contributed by atoms with Crippen LogP contribution in [0.25, 0.3) is 0 Å². The number of rotatable bonds is 5. The Morgan fingerprint density at radius 2 is 2.31 bits per heavy atom. The molecule has 0 amide bonds. The molecule has 1 heterocycles. The van der Waals surface area contributed by atoms with Crippen LogP contribution in [0, 0.1) is 5.41 Å². The summed E-state index contributed by atoms with van der Waals surface area (Å²) in [4.78, 5) is 0. The second-order valence-corrected chi connectivity index (χ2v) is 4.81. The zero-order valence-corrected chi connectivity index (χ0v) is 8.79. The molecule has 0 aromatic carbocycles. The SMILES string of the molecule is CNCC1(CNc2cccs2)CC1. The molecule has 0 aliphatic heterocycles. The van der Waals surface area contributed by atoms with Gasteiger partial charge in [-0.05, 0) is 37.4 Å². The summed E-state index contributed by atoms with van der Waals surface area (Å²) in [6, 6.07) is 4.23. The largest absolute Gasteiger partial charge is 0.376 e. The van der Waals surface area contributed by atoms with Crippen LogP contribution in [-0.2, 0) is 0 Å². The predicted octanol–water partition coefficient (Wildman–Crippen LogP) is 2.16. The van der Waals surface area contributed by atoms with Crippen molar-refractivity contribution in [1.82, 2.24) is 5.32 Å². The van der Waals surface area contributed by atoms with Gasteiger partial charge >= 0.3 is 0 Å². The molecule has 1 saturated carbocycles. The summed E-state index contributed by atoms with van der Waals surface area (Å²) >= 11 is 1.78. The van der Waals surface area contributed by atoms with E-state index < -0.39 is 0 Å². The van der Waals surface area contributed by atoms with E-state index in [2.05, 4.69) is 28.1 Å². The Morgan fingerprint density at radius 1 is 1.46 bits per heavy atom. The predicted molar refractivity (Wildman–Crippen MR) is 58.4 cm³/mol. The topological polar surface area (TPSA) is 24.1 Å². The quantitative estimate of drug-likeness (QED) is 0.754. The highest BCUT2D eigenvalue weighted by Crippen LogP contribution is 2.45. The zero-order chi connectivity index (χ0) is 9.15. The molecular weight excluding hydrogens is 180 g/mol. The minimum atomic E-state index is 0.554. The lowest BCUT2D eigenvalue weighted by atomic mass is 10.1. The molecule has 1 aromatic rings. The number of hydrogen-bond acceptors (Lipinski definition) is 3. The van der Waals surface area contributed by atoms with Gasteiger partial charge in [0.25, 0.3) is 0 Å². The summed E-state index contributed by atoms with van der Waals surface area (Å²) in [5.74, 6) is 0. The van der Waals surface area contributed by atoms with E-state index in [9.17, 15) is 0 Å². The van der Waals surface area contributed by atoms with E-state index in [-0.39, 0.29) is 0 Å². The van der Waals surface area contributed by atoms with Gasteiger partial charge < -0.3 is 10.6 Å². The first-order chi connectivity index (χ1) is 6.35. The summed E-state index contributed by atoms with van der Waals surface area (Å²) in [5.41, 5.74) is 0.554. The first kappa shape index (κ1) is 9.03. The van der Waals surface area contributed by atoms with Crippen molar-refractivity contribution in [1.29, 1.82) is 0 Å². The van der Waals surface area contributed by atoms with Gasteiger partial charge in [0.2, 0.25) is 0 Å². The first-order valence-electron chi connectivity index (χ1n) is 4.77. The molecule has 3 heteroatoms. The van der Waals surface area contributed by atoms with Gasteiger partial charge in [0, 0.05) is 18.5 Å². The van der Waals surface area contributed by atoms with Crippen LogP contribution < -0.4 is 10.6 Å². The number of anilines is 1. The summed E-state index contributed by atoms with van der Waals surface area (Å²) < 4.78 is 0. The van der Waals surface area contributed by atoms with E-state index in [1.165, 1.54) is 17.8 Å². The molecule has 0 spiro atoms. The first-order valence-corrected chi connectivity index (χ1v) is 5.65. The Bertz CT molecular complexity index is 252. The molecule has 1 aliphatic carbocycles. The van der Waals surface area contributed by atoms with Gasteiger partial charge in [0.1, 0.15) is 0 Å². The highest BCUT2D eigenvalue weighted by Gasteiger charge is 2.41. The van der Waals surface area contributed by atoms with Gasteiger partial charge in [-0.2, -0.15) is 0 Å². The molecular formula is C10H16N2S. The van der Waals surface area contributed by atoms with E-state index >= 15 is 0 Å². The monoisotopic (exact) mass is 196 g/mol. The molecule has 2 N–H and O–H groups in total. The van der Waals surface area contributed by atoms with E-state index in [4.69, 9.17) is 0 Å². The Hall–Kier alpha value is -0.540. The molecule has 13 heavy (non-hydrogen) atoms. The number of hydrogen-bond donors (Lipinski definition) is 2. The molecule has 1 aliphatic rings. The molecule has 1 fully saturated rings. The van der Waals surface area contributed by atoms with E-state index in [0.29, 0.717) is 5.41 Å². The maximum Gasteiger partial charge on any atom is 0.0882 e. The summed E-state index contributed by atoms with van der Waals surface area (Å²) in [6.45, 7) is 2.26. The van der Waals surface area contributed by atoms with Gasteiger partial charge in [-0.25, -0.2) is 0 Å². The maximum absolute atomic E-state index is 3.49. The van der Waals surface area contributed by atoms with Gasteiger partial charge in [-0.3, -0.25) is 0 Å². The molecule has 2 nitrogen and oxygen atoms in total. The Balaban J connectivity index is 1.79. The third-order valence-corrected chi connectivity index (χ3v) is 3.50. The van der Waals surface area contributed by atoms with Gasteiger partial charge in [0.15, 0.2) is 0 Å². The molecule has 0 radical (unpaired) electrons. The van der Waals surface area contributed by atoms with Crippen molar-refractivity contribution in [3.05, 3.63) is 17.5 Å². The normalized spacial score (nSPS) is 18.5. The zero-order valence-electron chi connectivity index (χ0n) is 7.97. The standard InChI is InChI=1S/C10H16N2S/c1-11-7-10(4-5-10)8-12-9-3-2-6-13-9/h2-3,6,11-12H,4-5,7-8H2,1H3. The minimum absolute atomic E-state index is 0.554. The average molecular weight is 196 g/mol. The third-order valence-electron chi connectivity index (χ3n) is 2.67.